The van der Waals surface area contributed by atoms with Gasteiger partial charge in [-0.2, -0.15) is 5.26 Å². The smallest absolute Gasteiger partial charge is 0.143 e. The summed E-state index contributed by atoms with van der Waals surface area (Å²) < 4.78 is 13.5. The summed E-state index contributed by atoms with van der Waals surface area (Å²) in [6.45, 7) is 6.13. The predicted octanol–water partition coefficient (Wildman–Crippen LogP) is 4.29. The summed E-state index contributed by atoms with van der Waals surface area (Å²) in [5.41, 5.74) is 2.48. The maximum absolute atomic E-state index is 13.5. The first-order valence-corrected chi connectivity index (χ1v) is 7.00. The van der Waals surface area contributed by atoms with E-state index in [1.165, 1.54) is 6.07 Å². The van der Waals surface area contributed by atoms with Gasteiger partial charge in [-0.15, -0.1) is 0 Å². The molecule has 0 saturated carbocycles. The fourth-order valence-corrected chi connectivity index (χ4v) is 2.24. The highest BCUT2D eigenvalue weighted by molar-refractivity contribution is 5.68. The van der Waals surface area contributed by atoms with E-state index in [2.05, 4.69) is 24.1 Å². The second kappa shape index (κ2) is 6.76. The molecule has 1 N–H and O–H groups in total. The number of nitriles is 1. The van der Waals surface area contributed by atoms with Gasteiger partial charge in [-0.3, -0.25) is 0 Å². The number of hydrogen-bond donors (Lipinski definition) is 1. The first kappa shape index (κ1) is 14.9. The van der Waals surface area contributed by atoms with Crippen molar-refractivity contribution in [3.05, 3.63) is 53.8 Å². The summed E-state index contributed by atoms with van der Waals surface area (Å²) in [5.74, 6) is -0.512. The van der Waals surface area contributed by atoms with Crippen molar-refractivity contribution in [3.8, 4) is 6.07 Å². The van der Waals surface area contributed by atoms with E-state index in [4.69, 9.17) is 5.26 Å². The lowest BCUT2D eigenvalue weighted by Gasteiger charge is -2.21. The van der Waals surface area contributed by atoms with Crippen LogP contribution in [0.1, 0.15) is 19.4 Å². The Hall–Kier alpha value is -2.54. The van der Waals surface area contributed by atoms with E-state index in [-0.39, 0.29) is 5.56 Å². The van der Waals surface area contributed by atoms with E-state index in [1.54, 1.807) is 12.1 Å². The Balaban J connectivity index is 2.22. The number of rotatable bonds is 5. The van der Waals surface area contributed by atoms with Crippen molar-refractivity contribution < 1.29 is 4.39 Å². The summed E-state index contributed by atoms with van der Waals surface area (Å²) in [6.07, 6.45) is 0. The second-order valence-corrected chi connectivity index (χ2v) is 4.62. The highest BCUT2D eigenvalue weighted by Crippen LogP contribution is 2.24. The molecule has 3 nitrogen and oxygen atoms in total. The Bertz CT molecular complexity index is 640. The topological polar surface area (TPSA) is 39.1 Å². The van der Waals surface area contributed by atoms with Gasteiger partial charge >= 0.3 is 0 Å². The lowest BCUT2D eigenvalue weighted by atomic mass is 10.1. The minimum absolute atomic E-state index is 0.0327. The first-order valence-electron chi connectivity index (χ1n) is 7.00. The average Bonchev–Trinajstić information content (AvgIpc) is 2.50. The van der Waals surface area contributed by atoms with Crippen LogP contribution in [0.15, 0.2) is 42.5 Å². The van der Waals surface area contributed by atoms with E-state index in [0.717, 1.165) is 24.5 Å². The number of hydrogen-bond acceptors (Lipinski definition) is 3. The van der Waals surface area contributed by atoms with Gasteiger partial charge in [0.15, 0.2) is 0 Å². The predicted molar refractivity (Wildman–Crippen MR) is 84.4 cm³/mol. The van der Waals surface area contributed by atoms with Gasteiger partial charge in [0.05, 0.1) is 5.69 Å². The van der Waals surface area contributed by atoms with Gasteiger partial charge in [0.25, 0.3) is 0 Å². The lowest BCUT2D eigenvalue weighted by Crippen LogP contribution is -2.21. The monoisotopic (exact) mass is 283 g/mol. The van der Waals surface area contributed by atoms with Crippen molar-refractivity contribution >= 4 is 17.1 Å². The molecule has 2 aromatic carbocycles. The van der Waals surface area contributed by atoms with Crippen LogP contribution in [0.3, 0.4) is 0 Å². The van der Waals surface area contributed by atoms with E-state index in [1.807, 2.05) is 30.3 Å². The molecular weight excluding hydrogens is 265 g/mol. The van der Waals surface area contributed by atoms with E-state index >= 15 is 0 Å². The summed E-state index contributed by atoms with van der Waals surface area (Å²) in [6, 6.07) is 14.3. The van der Waals surface area contributed by atoms with Crippen molar-refractivity contribution in [1.29, 1.82) is 5.26 Å². The molecule has 0 saturated heterocycles. The van der Waals surface area contributed by atoms with Gasteiger partial charge in [-0.05, 0) is 50.2 Å². The van der Waals surface area contributed by atoms with Crippen molar-refractivity contribution in [2.24, 2.45) is 0 Å². The highest BCUT2D eigenvalue weighted by Gasteiger charge is 2.08. The highest BCUT2D eigenvalue weighted by atomic mass is 19.1. The zero-order valence-corrected chi connectivity index (χ0v) is 12.2. The quantitative estimate of drug-likeness (QED) is 0.889. The molecule has 21 heavy (non-hydrogen) atoms. The molecule has 0 unspecified atom stereocenters. The van der Waals surface area contributed by atoms with Crippen LogP contribution >= 0.6 is 0 Å². The SMILES string of the molecule is CCN(CC)c1ccc(Nc2cccc(F)c2C#N)cc1. The molecule has 2 aromatic rings. The van der Waals surface area contributed by atoms with Crippen LogP contribution in [0.4, 0.5) is 21.5 Å². The summed E-state index contributed by atoms with van der Waals surface area (Å²) in [5, 5.41) is 12.1. The van der Waals surface area contributed by atoms with Crippen molar-refractivity contribution in [3.63, 3.8) is 0 Å². The van der Waals surface area contributed by atoms with Gasteiger partial charge in [0.1, 0.15) is 17.4 Å². The van der Waals surface area contributed by atoms with E-state index in [0.29, 0.717) is 5.69 Å². The Morgan fingerprint density at radius 1 is 1.10 bits per heavy atom. The van der Waals surface area contributed by atoms with Crippen molar-refractivity contribution in [1.82, 2.24) is 0 Å². The Morgan fingerprint density at radius 2 is 1.76 bits per heavy atom. The minimum atomic E-state index is -0.512. The minimum Gasteiger partial charge on any atom is -0.372 e. The fourth-order valence-electron chi connectivity index (χ4n) is 2.24. The van der Waals surface area contributed by atoms with Gasteiger partial charge in [-0.1, -0.05) is 6.07 Å². The third kappa shape index (κ3) is 3.32. The van der Waals surface area contributed by atoms with Gasteiger partial charge in [0.2, 0.25) is 0 Å². The molecule has 4 heteroatoms. The molecule has 0 aliphatic rings. The third-order valence-corrected chi connectivity index (χ3v) is 3.40. The Labute approximate surface area is 124 Å². The number of nitrogens with zero attached hydrogens (tertiary/aromatic N) is 2. The fraction of sp³-hybridized carbons (Fsp3) is 0.235. The molecule has 0 aliphatic heterocycles. The van der Waals surface area contributed by atoms with E-state index in [9.17, 15) is 4.39 Å². The molecule has 0 spiro atoms. The molecule has 0 aliphatic carbocycles. The molecule has 0 fully saturated rings. The van der Waals surface area contributed by atoms with Crippen LogP contribution < -0.4 is 10.2 Å². The zero-order valence-electron chi connectivity index (χ0n) is 12.2. The number of anilines is 3. The van der Waals surface area contributed by atoms with Crippen LogP contribution in [0.2, 0.25) is 0 Å². The van der Waals surface area contributed by atoms with Crippen LogP contribution in [-0.4, -0.2) is 13.1 Å². The normalized spacial score (nSPS) is 10.0. The summed E-state index contributed by atoms with van der Waals surface area (Å²) >= 11 is 0. The molecule has 0 radical (unpaired) electrons. The summed E-state index contributed by atoms with van der Waals surface area (Å²) in [4.78, 5) is 2.24. The summed E-state index contributed by atoms with van der Waals surface area (Å²) in [7, 11) is 0. The van der Waals surface area contributed by atoms with Gasteiger partial charge in [0, 0.05) is 24.5 Å². The van der Waals surface area contributed by atoms with Gasteiger partial charge < -0.3 is 10.2 Å². The van der Waals surface area contributed by atoms with Gasteiger partial charge in [-0.25, -0.2) is 4.39 Å². The largest absolute Gasteiger partial charge is 0.372 e. The number of nitrogens with one attached hydrogen (secondary N) is 1. The number of halogens is 1. The van der Waals surface area contributed by atoms with Crippen molar-refractivity contribution in [2.75, 3.05) is 23.3 Å². The molecule has 0 amide bonds. The molecule has 0 bridgehead atoms. The Kier molecular flexibility index (Phi) is 4.78. The molecule has 2 rings (SSSR count). The molecule has 0 aromatic heterocycles. The molecule has 0 atom stereocenters. The van der Waals surface area contributed by atoms with E-state index < -0.39 is 5.82 Å². The van der Waals surface area contributed by atoms with Crippen LogP contribution in [0.5, 0.6) is 0 Å². The maximum atomic E-state index is 13.5. The molecular formula is C17H18FN3. The average molecular weight is 283 g/mol. The lowest BCUT2D eigenvalue weighted by molar-refractivity contribution is 0.624. The second-order valence-electron chi connectivity index (χ2n) is 4.62. The molecule has 108 valence electrons. The molecule has 0 heterocycles. The first-order chi connectivity index (χ1) is 10.2. The Morgan fingerprint density at radius 3 is 2.33 bits per heavy atom. The number of benzene rings is 2. The third-order valence-electron chi connectivity index (χ3n) is 3.40. The maximum Gasteiger partial charge on any atom is 0.143 e. The van der Waals surface area contributed by atoms with Crippen LogP contribution in [0.25, 0.3) is 0 Å². The zero-order chi connectivity index (χ0) is 15.2. The van der Waals surface area contributed by atoms with Crippen LogP contribution in [0, 0.1) is 17.1 Å². The standard InChI is InChI=1S/C17H18FN3/c1-3-21(4-2)14-10-8-13(9-11-14)20-17-7-5-6-16(18)15(17)12-19/h5-11,20H,3-4H2,1-2H3. The van der Waals surface area contributed by atoms with Crippen molar-refractivity contribution in [2.45, 2.75) is 13.8 Å². The van der Waals surface area contributed by atoms with Crippen LogP contribution in [-0.2, 0) is 0 Å².